The highest BCUT2D eigenvalue weighted by molar-refractivity contribution is 6.10. The van der Waals surface area contributed by atoms with E-state index >= 15 is 0 Å². The molecule has 4 aromatic carbocycles. The number of nitrogens with zero attached hydrogens (tertiary/aromatic N) is 2. The largest absolute Gasteiger partial charge is 0.454 e. The van der Waals surface area contributed by atoms with Crippen LogP contribution in [0.4, 0.5) is 22.9 Å². The molecule has 0 atom stereocenters. The van der Waals surface area contributed by atoms with Crippen molar-refractivity contribution in [2.24, 2.45) is 0 Å². The molecule has 1 aliphatic rings. The van der Waals surface area contributed by atoms with Gasteiger partial charge in [0.1, 0.15) is 11.2 Å². The molecule has 8 rings (SSSR count). The van der Waals surface area contributed by atoms with Crippen LogP contribution in [-0.2, 0) is 0 Å². The van der Waals surface area contributed by atoms with Crippen LogP contribution in [0, 0.1) is 0 Å². The van der Waals surface area contributed by atoms with Gasteiger partial charge in [0.25, 0.3) is 0 Å². The average molecular weight is 480 g/mol. The minimum atomic E-state index is 0.758. The number of fused-ring (bicyclic) bond motifs is 7. The lowest BCUT2D eigenvalue weighted by Gasteiger charge is -2.27. The molecule has 5 nitrogen and oxygen atoms in total. The second-order valence-electron chi connectivity index (χ2n) is 9.27. The second-order valence-corrected chi connectivity index (χ2v) is 9.27. The molecule has 0 saturated heterocycles. The lowest BCUT2D eigenvalue weighted by Crippen LogP contribution is -2.11. The van der Waals surface area contributed by atoms with Gasteiger partial charge in [0.2, 0.25) is 5.88 Å². The Hall–Kier alpha value is -5.03. The first-order valence-corrected chi connectivity index (χ1v) is 12.4. The molecule has 176 valence electrons. The van der Waals surface area contributed by atoms with Gasteiger partial charge in [0, 0.05) is 40.2 Å². The Labute approximate surface area is 212 Å². The quantitative estimate of drug-likeness (QED) is 0.274. The number of anilines is 4. The zero-order valence-corrected chi connectivity index (χ0v) is 19.8. The molecular formula is C32H21N3O2. The van der Waals surface area contributed by atoms with Crippen LogP contribution in [-0.4, -0.2) is 11.5 Å². The molecule has 1 N–H and O–H groups in total. The molecular weight excluding hydrogens is 458 g/mol. The molecule has 0 bridgehead atoms. The highest BCUT2D eigenvalue weighted by Crippen LogP contribution is 2.46. The lowest BCUT2D eigenvalue weighted by molar-refractivity contribution is 0.628. The van der Waals surface area contributed by atoms with Gasteiger partial charge in [0.05, 0.1) is 23.0 Å². The van der Waals surface area contributed by atoms with Crippen molar-refractivity contribution in [3.8, 4) is 0 Å². The third-order valence-corrected chi connectivity index (χ3v) is 7.16. The van der Waals surface area contributed by atoms with Crippen LogP contribution in [0.5, 0.6) is 0 Å². The van der Waals surface area contributed by atoms with Crippen molar-refractivity contribution >= 4 is 72.7 Å². The highest BCUT2D eigenvalue weighted by Gasteiger charge is 2.24. The van der Waals surface area contributed by atoms with Crippen LogP contribution in [0.3, 0.4) is 0 Å². The van der Waals surface area contributed by atoms with E-state index in [1.807, 2.05) is 18.3 Å². The number of nitrogens with one attached hydrogen (secondary N) is 1. The smallest absolute Gasteiger partial charge is 0.201 e. The third kappa shape index (κ3) is 3.01. The van der Waals surface area contributed by atoms with E-state index in [9.17, 15) is 0 Å². The summed E-state index contributed by atoms with van der Waals surface area (Å²) in [7, 11) is 0. The predicted octanol–water partition coefficient (Wildman–Crippen LogP) is 8.79. The maximum absolute atomic E-state index is 6.25. The second kappa shape index (κ2) is 7.73. The minimum absolute atomic E-state index is 0.758. The van der Waals surface area contributed by atoms with E-state index in [4.69, 9.17) is 8.83 Å². The van der Waals surface area contributed by atoms with Crippen LogP contribution in [0.2, 0.25) is 0 Å². The fourth-order valence-corrected chi connectivity index (χ4v) is 5.53. The van der Waals surface area contributed by atoms with Crippen LogP contribution < -0.4 is 10.2 Å². The number of furan rings is 2. The number of aromatic nitrogens is 1. The van der Waals surface area contributed by atoms with Gasteiger partial charge < -0.3 is 19.1 Å². The van der Waals surface area contributed by atoms with E-state index in [1.54, 1.807) is 6.20 Å². The van der Waals surface area contributed by atoms with E-state index in [0.29, 0.717) is 0 Å². The van der Waals surface area contributed by atoms with E-state index < -0.39 is 0 Å². The third-order valence-electron chi connectivity index (χ3n) is 7.16. The standard InChI is InChI=1S/C32H21N3O2/c1-2-8-22-20(6-1)7-3-10-26(22)35(21-13-14-28-25(18-21)23-15-17-33-19-30(23)36-28)27-11-4-12-29-31(27)24-9-5-16-34-32(24)37-29/h1-15,17-19,34H,16H2. The molecule has 0 radical (unpaired) electrons. The Balaban J connectivity index is 1.47. The monoisotopic (exact) mass is 479 g/mol. The summed E-state index contributed by atoms with van der Waals surface area (Å²) < 4.78 is 12.3. The summed E-state index contributed by atoms with van der Waals surface area (Å²) in [5.41, 5.74) is 6.75. The van der Waals surface area contributed by atoms with Crippen molar-refractivity contribution < 1.29 is 8.83 Å². The van der Waals surface area contributed by atoms with Gasteiger partial charge in [-0.25, -0.2) is 0 Å². The molecule has 0 amide bonds. The molecule has 0 unspecified atom stereocenters. The van der Waals surface area contributed by atoms with E-state index in [2.05, 4.69) is 100 Å². The number of pyridine rings is 1. The van der Waals surface area contributed by atoms with Gasteiger partial charge in [-0.2, -0.15) is 0 Å². The van der Waals surface area contributed by atoms with Crippen molar-refractivity contribution in [3.63, 3.8) is 0 Å². The van der Waals surface area contributed by atoms with Crippen molar-refractivity contribution in [2.45, 2.75) is 0 Å². The summed E-state index contributed by atoms with van der Waals surface area (Å²) in [5.74, 6) is 0.812. The molecule has 1 aliphatic heterocycles. The Bertz CT molecular complexity index is 2010. The summed E-state index contributed by atoms with van der Waals surface area (Å²) >= 11 is 0. The van der Waals surface area contributed by atoms with Gasteiger partial charge in [-0.05, 0) is 47.9 Å². The van der Waals surface area contributed by atoms with E-state index in [-0.39, 0.29) is 0 Å². The van der Waals surface area contributed by atoms with Crippen molar-refractivity contribution in [1.29, 1.82) is 0 Å². The number of rotatable bonds is 3. The van der Waals surface area contributed by atoms with Crippen molar-refractivity contribution in [2.75, 3.05) is 16.8 Å². The fourth-order valence-electron chi connectivity index (χ4n) is 5.53. The lowest BCUT2D eigenvalue weighted by atomic mass is 10.0. The normalized spacial score (nSPS) is 12.9. The molecule has 0 fully saturated rings. The van der Waals surface area contributed by atoms with Crippen LogP contribution in [0.1, 0.15) is 5.56 Å². The van der Waals surface area contributed by atoms with E-state index in [1.165, 1.54) is 10.8 Å². The first-order valence-electron chi connectivity index (χ1n) is 12.4. The number of hydrogen-bond donors (Lipinski definition) is 1. The van der Waals surface area contributed by atoms with Crippen molar-refractivity contribution in [1.82, 2.24) is 4.98 Å². The topological polar surface area (TPSA) is 54.4 Å². The van der Waals surface area contributed by atoms with Crippen LogP contribution >= 0.6 is 0 Å². The molecule has 0 spiro atoms. The zero-order valence-electron chi connectivity index (χ0n) is 19.8. The van der Waals surface area contributed by atoms with Gasteiger partial charge in [-0.3, -0.25) is 4.98 Å². The van der Waals surface area contributed by atoms with E-state index in [0.717, 1.165) is 68.0 Å². The average Bonchev–Trinajstić information content (AvgIpc) is 3.52. The Morgan fingerprint density at radius 1 is 0.730 bits per heavy atom. The summed E-state index contributed by atoms with van der Waals surface area (Å²) in [6.45, 7) is 0.758. The maximum Gasteiger partial charge on any atom is 0.201 e. The Kier molecular flexibility index (Phi) is 4.22. The molecule has 7 aromatic rings. The van der Waals surface area contributed by atoms with Crippen molar-refractivity contribution in [3.05, 3.63) is 109 Å². The number of hydrogen-bond acceptors (Lipinski definition) is 5. The molecule has 0 saturated carbocycles. The van der Waals surface area contributed by atoms with Gasteiger partial charge in [-0.1, -0.05) is 54.6 Å². The molecule has 37 heavy (non-hydrogen) atoms. The summed E-state index contributed by atoms with van der Waals surface area (Å²) in [4.78, 5) is 6.57. The molecule has 0 aliphatic carbocycles. The van der Waals surface area contributed by atoms with Gasteiger partial charge in [-0.15, -0.1) is 0 Å². The highest BCUT2D eigenvalue weighted by atomic mass is 16.4. The molecule has 4 heterocycles. The molecule has 5 heteroatoms. The zero-order chi connectivity index (χ0) is 24.3. The SMILES string of the molecule is C1=Cc2c(oc3cccc(N(c4ccc5oc6cnccc6c5c4)c4cccc5ccccc45)c23)NC1. The summed E-state index contributed by atoms with van der Waals surface area (Å²) in [6.07, 6.45) is 7.87. The van der Waals surface area contributed by atoms with Gasteiger partial charge >= 0.3 is 0 Å². The fraction of sp³-hybridized carbons (Fsp3) is 0.0312. The van der Waals surface area contributed by atoms with Crippen LogP contribution in [0.15, 0.2) is 112 Å². The summed E-state index contributed by atoms with van der Waals surface area (Å²) in [5, 5.41) is 8.93. The summed E-state index contributed by atoms with van der Waals surface area (Å²) in [6, 6.07) is 29.6. The first kappa shape index (κ1) is 20.2. The number of benzene rings is 4. The minimum Gasteiger partial charge on any atom is -0.454 e. The Morgan fingerprint density at radius 3 is 2.62 bits per heavy atom. The van der Waals surface area contributed by atoms with Crippen LogP contribution in [0.25, 0.3) is 49.8 Å². The molecule has 3 aromatic heterocycles. The first-order chi connectivity index (χ1) is 18.3. The van der Waals surface area contributed by atoms with Gasteiger partial charge in [0.15, 0.2) is 5.58 Å². The predicted molar refractivity (Wildman–Crippen MR) is 151 cm³/mol. The Morgan fingerprint density at radius 2 is 1.62 bits per heavy atom. The maximum atomic E-state index is 6.25.